The monoisotopic (exact) mass is 663 g/mol. The summed E-state index contributed by atoms with van der Waals surface area (Å²) in [6, 6.07) is 23.7. The summed E-state index contributed by atoms with van der Waals surface area (Å²) in [6.07, 6.45) is -2.71. The van der Waals surface area contributed by atoms with E-state index in [-0.39, 0.29) is 18.4 Å². The Bertz CT molecular complexity index is 1750. The van der Waals surface area contributed by atoms with Crippen molar-refractivity contribution in [2.75, 3.05) is 26.2 Å². The Hall–Kier alpha value is -4.77. The number of ether oxygens (including phenoxy) is 1. The minimum absolute atomic E-state index is 0.0971. The highest BCUT2D eigenvalue weighted by atomic mass is 19.4. The number of likely N-dealkylation sites (tertiary alicyclic amines) is 1. The van der Waals surface area contributed by atoms with Crippen molar-refractivity contribution in [1.82, 2.24) is 15.5 Å². The standard InChI is InChI=1S/C37H34F5N3O3/c38-24-12-14-31-29(20-24)30-21-25(39)13-15-32(30)36(31,35(47)43-23-37(40,41)42)17-6-7-18-45-19-16-26(22-45)44-34(46)28-10-4-5-11-33(28)48-27-8-2-1-3-9-27/h1-5,8-15,20-21,26H,6-7,16-19,22-23H2,(H,43,47)(H,44,46). The molecule has 2 N–H and O–H groups in total. The van der Waals surface area contributed by atoms with Crippen LogP contribution in [0.1, 0.15) is 47.2 Å². The molecule has 1 unspecified atom stereocenters. The van der Waals surface area contributed by atoms with E-state index in [9.17, 15) is 31.5 Å². The number of carbonyl (C=O) groups excluding carboxylic acids is 2. The molecule has 1 aliphatic carbocycles. The largest absolute Gasteiger partial charge is 0.457 e. The molecule has 6 rings (SSSR count). The van der Waals surface area contributed by atoms with Crippen molar-refractivity contribution in [1.29, 1.82) is 0 Å². The van der Waals surface area contributed by atoms with E-state index in [1.165, 1.54) is 24.3 Å². The van der Waals surface area contributed by atoms with Gasteiger partial charge in [0.25, 0.3) is 5.91 Å². The van der Waals surface area contributed by atoms with E-state index in [2.05, 4.69) is 10.2 Å². The van der Waals surface area contributed by atoms with Crippen LogP contribution in [0, 0.1) is 11.6 Å². The molecule has 4 aromatic carbocycles. The number of halogens is 5. The van der Waals surface area contributed by atoms with Crippen molar-refractivity contribution in [2.45, 2.75) is 43.3 Å². The van der Waals surface area contributed by atoms with Gasteiger partial charge in [0, 0.05) is 19.1 Å². The number of para-hydroxylation sites is 2. The smallest absolute Gasteiger partial charge is 0.405 e. The number of nitrogens with one attached hydrogen (secondary N) is 2. The van der Waals surface area contributed by atoms with E-state index in [1.807, 2.05) is 35.6 Å². The number of nitrogens with zero attached hydrogens (tertiary/aromatic N) is 1. The highest BCUT2D eigenvalue weighted by Crippen LogP contribution is 2.52. The Labute approximate surface area is 274 Å². The highest BCUT2D eigenvalue weighted by molar-refractivity contribution is 6.00. The van der Waals surface area contributed by atoms with Crippen LogP contribution in [0.3, 0.4) is 0 Å². The van der Waals surface area contributed by atoms with Gasteiger partial charge in [-0.1, -0.05) is 48.9 Å². The molecule has 1 atom stereocenters. The predicted octanol–water partition coefficient (Wildman–Crippen LogP) is 7.38. The van der Waals surface area contributed by atoms with Crippen LogP contribution in [0.25, 0.3) is 11.1 Å². The van der Waals surface area contributed by atoms with Gasteiger partial charge in [0.15, 0.2) is 0 Å². The van der Waals surface area contributed by atoms with Crippen LogP contribution in [0.15, 0.2) is 91.0 Å². The summed E-state index contributed by atoms with van der Waals surface area (Å²) in [5, 5.41) is 5.14. The summed E-state index contributed by atoms with van der Waals surface area (Å²) in [6.45, 7) is 0.445. The van der Waals surface area contributed by atoms with E-state index < -0.39 is 35.7 Å². The Morgan fingerprint density at radius 2 is 1.50 bits per heavy atom. The van der Waals surface area contributed by atoms with Gasteiger partial charge in [-0.15, -0.1) is 0 Å². The van der Waals surface area contributed by atoms with Crippen molar-refractivity contribution in [2.24, 2.45) is 0 Å². The second kappa shape index (κ2) is 13.8. The Morgan fingerprint density at radius 3 is 2.17 bits per heavy atom. The zero-order chi connectivity index (χ0) is 33.9. The second-order valence-corrected chi connectivity index (χ2v) is 12.2. The van der Waals surface area contributed by atoms with Crippen LogP contribution in [0.5, 0.6) is 11.5 Å². The van der Waals surface area contributed by atoms with E-state index >= 15 is 0 Å². The molecule has 2 amide bonds. The predicted molar refractivity (Wildman–Crippen MR) is 171 cm³/mol. The van der Waals surface area contributed by atoms with Crippen LogP contribution < -0.4 is 15.4 Å². The fourth-order valence-electron chi connectivity index (χ4n) is 6.83. The number of alkyl halides is 3. The van der Waals surface area contributed by atoms with Gasteiger partial charge in [-0.2, -0.15) is 13.2 Å². The number of hydrogen-bond acceptors (Lipinski definition) is 4. The number of unbranched alkanes of at least 4 members (excludes halogenated alkanes) is 1. The summed E-state index contributed by atoms with van der Waals surface area (Å²) < 4.78 is 74.1. The number of rotatable bonds is 11. The molecule has 1 heterocycles. The number of hydrogen-bond donors (Lipinski definition) is 2. The summed E-state index contributed by atoms with van der Waals surface area (Å²) >= 11 is 0. The molecule has 6 nitrogen and oxygen atoms in total. The number of benzene rings is 4. The van der Waals surface area contributed by atoms with Gasteiger partial charge in [0.05, 0.1) is 5.56 Å². The third-order valence-corrected chi connectivity index (χ3v) is 9.00. The molecule has 0 saturated carbocycles. The van der Waals surface area contributed by atoms with Crippen molar-refractivity contribution in [3.05, 3.63) is 119 Å². The summed E-state index contributed by atoms with van der Waals surface area (Å²) in [5.74, 6) is -1.24. The molecular weight excluding hydrogens is 629 g/mol. The maximum Gasteiger partial charge on any atom is 0.405 e. The molecule has 1 saturated heterocycles. The van der Waals surface area contributed by atoms with E-state index in [0.29, 0.717) is 65.2 Å². The van der Waals surface area contributed by atoms with Gasteiger partial charge in [-0.25, -0.2) is 8.78 Å². The second-order valence-electron chi connectivity index (χ2n) is 12.2. The first-order valence-corrected chi connectivity index (χ1v) is 15.8. The lowest BCUT2D eigenvalue weighted by Crippen LogP contribution is -2.47. The zero-order valence-electron chi connectivity index (χ0n) is 26.0. The summed E-state index contributed by atoms with van der Waals surface area (Å²) in [7, 11) is 0. The topological polar surface area (TPSA) is 70.7 Å². The first-order chi connectivity index (χ1) is 23.0. The number of carbonyl (C=O) groups is 2. The molecule has 1 fully saturated rings. The molecule has 0 spiro atoms. The van der Waals surface area contributed by atoms with E-state index in [0.717, 1.165) is 25.1 Å². The van der Waals surface area contributed by atoms with Crippen molar-refractivity contribution < 1.29 is 36.3 Å². The molecule has 11 heteroatoms. The van der Waals surface area contributed by atoms with Crippen LogP contribution in [-0.4, -0.2) is 55.1 Å². The van der Waals surface area contributed by atoms with Gasteiger partial charge in [0.2, 0.25) is 5.91 Å². The minimum atomic E-state index is -4.63. The third-order valence-electron chi connectivity index (χ3n) is 9.00. The van der Waals surface area contributed by atoms with Crippen LogP contribution >= 0.6 is 0 Å². The van der Waals surface area contributed by atoms with Crippen molar-refractivity contribution >= 4 is 11.8 Å². The number of fused-ring (bicyclic) bond motifs is 3. The lowest BCUT2D eigenvalue weighted by atomic mass is 9.73. The zero-order valence-corrected chi connectivity index (χ0v) is 26.0. The van der Waals surface area contributed by atoms with Gasteiger partial charge in [-0.3, -0.25) is 9.59 Å². The molecule has 2 aliphatic rings. The highest BCUT2D eigenvalue weighted by Gasteiger charge is 2.49. The molecular formula is C37H34F5N3O3. The maximum absolute atomic E-state index is 14.3. The Morgan fingerprint density at radius 1 is 0.854 bits per heavy atom. The van der Waals surface area contributed by atoms with Gasteiger partial charge in [0.1, 0.15) is 35.1 Å². The summed E-state index contributed by atoms with van der Waals surface area (Å²) in [4.78, 5) is 29.1. The Balaban J connectivity index is 1.11. The molecule has 250 valence electrons. The number of amides is 2. The van der Waals surface area contributed by atoms with E-state index in [1.54, 1.807) is 24.3 Å². The van der Waals surface area contributed by atoms with Gasteiger partial charge in [-0.05, 0) is 96.6 Å². The van der Waals surface area contributed by atoms with E-state index in [4.69, 9.17) is 4.74 Å². The lowest BCUT2D eigenvalue weighted by molar-refractivity contribution is -0.141. The normalized spacial score (nSPS) is 16.6. The molecule has 0 radical (unpaired) electrons. The molecule has 0 aromatic heterocycles. The minimum Gasteiger partial charge on any atom is -0.457 e. The van der Waals surface area contributed by atoms with Crippen LogP contribution in [0.4, 0.5) is 22.0 Å². The van der Waals surface area contributed by atoms with Crippen molar-refractivity contribution in [3.63, 3.8) is 0 Å². The fraction of sp³-hybridized carbons (Fsp3) is 0.297. The maximum atomic E-state index is 14.3. The average Bonchev–Trinajstić information content (AvgIpc) is 3.62. The average molecular weight is 664 g/mol. The summed E-state index contributed by atoms with van der Waals surface area (Å²) in [5.41, 5.74) is 0.162. The van der Waals surface area contributed by atoms with Crippen molar-refractivity contribution in [3.8, 4) is 22.6 Å². The third kappa shape index (κ3) is 7.06. The first-order valence-electron chi connectivity index (χ1n) is 15.8. The molecule has 0 bridgehead atoms. The quantitative estimate of drug-likeness (QED) is 0.130. The molecule has 4 aromatic rings. The Kier molecular flexibility index (Phi) is 9.50. The lowest BCUT2D eigenvalue weighted by Gasteiger charge is -2.31. The van der Waals surface area contributed by atoms with Crippen LogP contribution in [-0.2, 0) is 10.2 Å². The fourth-order valence-corrected chi connectivity index (χ4v) is 6.83. The SMILES string of the molecule is O=C(NC1CCN(CCCCC2(C(=O)NCC(F)(F)F)c3ccc(F)cc3-c3cc(F)ccc32)C1)c1ccccc1Oc1ccccc1. The molecule has 1 aliphatic heterocycles. The van der Waals surface area contributed by atoms with Gasteiger partial charge < -0.3 is 20.3 Å². The first kappa shape index (κ1) is 33.1. The molecule has 48 heavy (non-hydrogen) atoms. The van der Waals surface area contributed by atoms with Gasteiger partial charge >= 0.3 is 6.18 Å². The van der Waals surface area contributed by atoms with Crippen LogP contribution in [0.2, 0.25) is 0 Å².